The molecule has 1 unspecified atom stereocenters. The second kappa shape index (κ2) is 4.55. The van der Waals surface area contributed by atoms with Crippen LogP contribution in [0.5, 0.6) is 0 Å². The van der Waals surface area contributed by atoms with Gasteiger partial charge in [0.15, 0.2) is 0 Å². The van der Waals surface area contributed by atoms with Crippen LogP contribution in [0.25, 0.3) is 0 Å². The first-order valence-corrected chi connectivity index (χ1v) is 5.06. The summed E-state index contributed by atoms with van der Waals surface area (Å²) in [6.45, 7) is 5.00. The van der Waals surface area contributed by atoms with Crippen LogP contribution < -0.4 is 5.32 Å². The number of rotatable bonds is 3. The van der Waals surface area contributed by atoms with Crippen LogP contribution in [0, 0.1) is 5.92 Å². The SMILES string of the molecule is CC(C)CNC1CCC(=O)N(C)C1=O. The normalized spacial score (nSPS) is 23.4. The van der Waals surface area contributed by atoms with Gasteiger partial charge in [0, 0.05) is 13.5 Å². The number of piperidine rings is 1. The quantitative estimate of drug-likeness (QED) is 0.667. The van der Waals surface area contributed by atoms with Crippen LogP contribution in [0.3, 0.4) is 0 Å². The van der Waals surface area contributed by atoms with Gasteiger partial charge in [0.05, 0.1) is 6.04 Å². The van der Waals surface area contributed by atoms with Crippen LogP contribution in [0.4, 0.5) is 0 Å². The number of hydrogen-bond acceptors (Lipinski definition) is 3. The molecule has 80 valence electrons. The summed E-state index contributed by atoms with van der Waals surface area (Å²) >= 11 is 0. The average Bonchev–Trinajstić information content (AvgIpc) is 2.13. The fourth-order valence-electron chi connectivity index (χ4n) is 1.48. The Morgan fingerprint density at radius 1 is 1.50 bits per heavy atom. The third-order valence-electron chi connectivity index (χ3n) is 2.42. The van der Waals surface area contributed by atoms with Gasteiger partial charge in [-0.15, -0.1) is 0 Å². The number of nitrogens with one attached hydrogen (secondary N) is 1. The highest BCUT2D eigenvalue weighted by Gasteiger charge is 2.31. The third-order valence-corrected chi connectivity index (χ3v) is 2.42. The summed E-state index contributed by atoms with van der Waals surface area (Å²) in [4.78, 5) is 24.0. The van der Waals surface area contributed by atoms with Gasteiger partial charge in [-0.2, -0.15) is 0 Å². The summed E-state index contributed by atoms with van der Waals surface area (Å²) < 4.78 is 0. The van der Waals surface area contributed by atoms with E-state index < -0.39 is 0 Å². The molecule has 4 heteroatoms. The van der Waals surface area contributed by atoms with Crippen LogP contribution in [-0.4, -0.2) is 36.3 Å². The summed E-state index contributed by atoms with van der Waals surface area (Å²) in [5, 5.41) is 3.18. The molecule has 0 radical (unpaired) electrons. The Labute approximate surface area is 84.7 Å². The van der Waals surface area contributed by atoms with Crippen molar-refractivity contribution in [3.8, 4) is 0 Å². The zero-order valence-corrected chi connectivity index (χ0v) is 9.04. The van der Waals surface area contributed by atoms with Gasteiger partial charge in [0.1, 0.15) is 0 Å². The van der Waals surface area contributed by atoms with Gasteiger partial charge in [0.2, 0.25) is 11.8 Å². The van der Waals surface area contributed by atoms with E-state index in [4.69, 9.17) is 0 Å². The predicted molar refractivity (Wildman–Crippen MR) is 53.6 cm³/mol. The summed E-state index contributed by atoms with van der Waals surface area (Å²) in [6.07, 6.45) is 1.10. The molecule has 0 aromatic heterocycles. The molecule has 0 aromatic carbocycles. The molecule has 0 bridgehead atoms. The second-order valence-corrected chi connectivity index (χ2v) is 4.18. The van der Waals surface area contributed by atoms with Gasteiger partial charge in [-0.3, -0.25) is 14.5 Å². The number of carbonyl (C=O) groups excluding carboxylic acids is 2. The fraction of sp³-hybridized carbons (Fsp3) is 0.800. The van der Waals surface area contributed by atoms with Gasteiger partial charge in [-0.25, -0.2) is 0 Å². The number of carbonyl (C=O) groups is 2. The highest BCUT2D eigenvalue weighted by molar-refractivity contribution is 6.00. The average molecular weight is 198 g/mol. The lowest BCUT2D eigenvalue weighted by atomic mass is 10.0. The van der Waals surface area contributed by atoms with E-state index in [9.17, 15) is 9.59 Å². The summed E-state index contributed by atoms with van der Waals surface area (Å²) in [5.74, 6) is 0.352. The van der Waals surface area contributed by atoms with E-state index in [1.54, 1.807) is 7.05 Å². The van der Waals surface area contributed by atoms with Crippen molar-refractivity contribution in [2.24, 2.45) is 5.92 Å². The molecule has 1 rings (SSSR count). The van der Waals surface area contributed by atoms with E-state index in [2.05, 4.69) is 19.2 Å². The Kier molecular flexibility index (Phi) is 3.63. The first kappa shape index (κ1) is 11.2. The van der Waals surface area contributed by atoms with Crippen molar-refractivity contribution in [2.75, 3.05) is 13.6 Å². The first-order chi connectivity index (χ1) is 6.52. The Hall–Kier alpha value is -0.900. The minimum atomic E-state index is -0.167. The molecule has 1 aliphatic rings. The molecule has 14 heavy (non-hydrogen) atoms. The number of nitrogens with zero attached hydrogens (tertiary/aromatic N) is 1. The van der Waals surface area contributed by atoms with Crippen LogP contribution in [-0.2, 0) is 9.59 Å². The van der Waals surface area contributed by atoms with Crippen LogP contribution in [0.1, 0.15) is 26.7 Å². The zero-order valence-electron chi connectivity index (χ0n) is 9.04. The maximum atomic E-state index is 11.6. The lowest BCUT2D eigenvalue weighted by Crippen LogP contribution is -2.52. The van der Waals surface area contributed by atoms with E-state index >= 15 is 0 Å². The van der Waals surface area contributed by atoms with Crippen molar-refractivity contribution in [1.29, 1.82) is 0 Å². The number of likely N-dealkylation sites (tertiary alicyclic amines) is 1. The smallest absolute Gasteiger partial charge is 0.246 e. The standard InChI is InChI=1S/C10H18N2O2/c1-7(2)6-11-8-4-5-9(13)12(3)10(8)14/h7-8,11H,4-6H2,1-3H3. The maximum Gasteiger partial charge on any atom is 0.246 e. The van der Waals surface area contributed by atoms with Gasteiger partial charge in [0.25, 0.3) is 0 Å². The molecule has 1 atom stereocenters. The molecule has 1 saturated heterocycles. The lowest BCUT2D eigenvalue weighted by Gasteiger charge is -2.28. The monoisotopic (exact) mass is 198 g/mol. The predicted octanol–water partition coefficient (Wildman–Crippen LogP) is 0.379. The molecular formula is C10H18N2O2. The molecule has 1 heterocycles. The third kappa shape index (κ3) is 2.54. The number of amides is 2. The Bertz CT molecular complexity index is 238. The summed E-state index contributed by atoms with van der Waals surface area (Å²) in [7, 11) is 1.55. The van der Waals surface area contributed by atoms with Crippen LogP contribution in [0.15, 0.2) is 0 Å². The summed E-state index contributed by atoms with van der Waals surface area (Å²) in [6, 6.07) is -0.167. The van der Waals surface area contributed by atoms with E-state index in [1.807, 2.05) is 0 Å². The Balaban J connectivity index is 2.47. The largest absolute Gasteiger partial charge is 0.306 e. The minimum Gasteiger partial charge on any atom is -0.306 e. The molecule has 0 saturated carbocycles. The molecule has 0 aromatic rings. The molecule has 1 fully saturated rings. The van der Waals surface area contributed by atoms with Crippen molar-refractivity contribution < 1.29 is 9.59 Å². The van der Waals surface area contributed by atoms with E-state index in [0.717, 1.165) is 6.54 Å². The van der Waals surface area contributed by atoms with E-state index in [1.165, 1.54) is 4.90 Å². The highest BCUT2D eigenvalue weighted by atomic mass is 16.2. The topological polar surface area (TPSA) is 49.4 Å². The fourth-order valence-corrected chi connectivity index (χ4v) is 1.48. The number of likely N-dealkylation sites (N-methyl/N-ethyl adjacent to an activating group) is 1. The van der Waals surface area contributed by atoms with Crippen molar-refractivity contribution in [2.45, 2.75) is 32.7 Å². The molecule has 1 aliphatic heterocycles. The lowest BCUT2D eigenvalue weighted by molar-refractivity contribution is -0.148. The van der Waals surface area contributed by atoms with Gasteiger partial charge < -0.3 is 5.32 Å². The molecule has 2 amide bonds. The molecule has 4 nitrogen and oxygen atoms in total. The van der Waals surface area contributed by atoms with Crippen molar-refractivity contribution in [3.63, 3.8) is 0 Å². The van der Waals surface area contributed by atoms with Gasteiger partial charge >= 0.3 is 0 Å². The number of imide groups is 1. The van der Waals surface area contributed by atoms with E-state index in [-0.39, 0.29) is 17.9 Å². The Morgan fingerprint density at radius 2 is 2.14 bits per heavy atom. The number of hydrogen-bond donors (Lipinski definition) is 1. The molecular weight excluding hydrogens is 180 g/mol. The van der Waals surface area contributed by atoms with E-state index in [0.29, 0.717) is 18.8 Å². The first-order valence-electron chi connectivity index (χ1n) is 5.06. The van der Waals surface area contributed by atoms with Crippen LogP contribution >= 0.6 is 0 Å². The van der Waals surface area contributed by atoms with Crippen LogP contribution in [0.2, 0.25) is 0 Å². The van der Waals surface area contributed by atoms with Crippen molar-refractivity contribution in [1.82, 2.24) is 10.2 Å². The van der Waals surface area contributed by atoms with Crippen molar-refractivity contribution >= 4 is 11.8 Å². The molecule has 1 N–H and O–H groups in total. The Morgan fingerprint density at radius 3 is 2.71 bits per heavy atom. The zero-order chi connectivity index (χ0) is 10.7. The minimum absolute atomic E-state index is 0.0717. The summed E-state index contributed by atoms with van der Waals surface area (Å²) in [5.41, 5.74) is 0. The highest BCUT2D eigenvalue weighted by Crippen LogP contribution is 2.11. The molecule has 0 aliphatic carbocycles. The van der Waals surface area contributed by atoms with Crippen molar-refractivity contribution in [3.05, 3.63) is 0 Å². The second-order valence-electron chi connectivity index (χ2n) is 4.18. The van der Waals surface area contributed by atoms with Gasteiger partial charge in [-0.1, -0.05) is 13.8 Å². The maximum absolute atomic E-state index is 11.6. The van der Waals surface area contributed by atoms with Gasteiger partial charge in [-0.05, 0) is 18.9 Å². The molecule has 0 spiro atoms.